The van der Waals surface area contributed by atoms with Crippen LogP contribution in [-0.2, 0) is 0 Å². The lowest BCUT2D eigenvalue weighted by molar-refractivity contribution is 0.170. The minimum absolute atomic E-state index is 0.522. The van der Waals surface area contributed by atoms with E-state index < -0.39 is 0 Å². The average molecular weight is 205 g/mol. The molecule has 2 rings (SSSR count). The van der Waals surface area contributed by atoms with Gasteiger partial charge in [-0.15, -0.1) is 0 Å². The molecule has 1 aromatic carbocycles. The number of hydrogen-bond donors (Lipinski definition) is 1. The predicted molar refractivity (Wildman–Crippen MR) is 59.4 cm³/mol. The number of ether oxygens (including phenoxy) is 2. The molecule has 0 saturated carbocycles. The fourth-order valence-corrected chi connectivity index (χ4v) is 2.00. The van der Waals surface area contributed by atoms with Crippen molar-refractivity contribution in [2.75, 3.05) is 13.2 Å². The maximum absolute atomic E-state index is 7.75. The van der Waals surface area contributed by atoms with E-state index in [0.717, 1.165) is 28.2 Å². The van der Waals surface area contributed by atoms with E-state index in [1.807, 2.05) is 19.9 Å². The summed E-state index contributed by atoms with van der Waals surface area (Å²) in [6, 6.07) is 2.04. The van der Waals surface area contributed by atoms with Crippen LogP contribution >= 0.6 is 0 Å². The Morgan fingerprint density at radius 2 is 1.73 bits per heavy atom. The molecule has 0 radical (unpaired) electrons. The molecule has 1 heterocycles. The Bertz CT molecular complexity index is 424. The quantitative estimate of drug-likeness (QED) is 0.715. The zero-order chi connectivity index (χ0) is 11.0. The smallest absolute Gasteiger partial charge is 0.170 e. The summed E-state index contributed by atoms with van der Waals surface area (Å²) in [5.74, 6) is 1.54. The summed E-state index contributed by atoms with van der Waals surface area (Å²) >= 11 is 0. The Labute approximate surface area is 89.5 Å². The summed E-state index contributed by atoms with van der Waals surface area (Å²) in [4.78, 5) is 0. The summed E-state index contributed by atoms with van der Waals surface area (Å²) in [7, 11) is 0. The number of fused-ring (bicyclic) bond motifs is 1. The minimum atomic E-state index is 0.522. The highest BCUT2D eigenvalue weighted by Crippen LogP contribution is 2.38. The first kappa shape index (κ1) is 10.0. The summed E-state index contributed by atoms with van der Waals surface area (Å²) < 4.78 is 11.2. The van der Waals surface area contributed by atoms with Crippen LogP contribution < -0.4 is 9.47 Å². The molecule has 3 heteroatoms. The van der Waals surface area contributed by atoms with Gasteiger partial charge in [0, 0.05) is 11.3 Å². The fraction of sp³-hybridized carbons (Fsp3) is 0.417. The highest BCUT2D eigenvalue weighted by Gasteiger charge is 2.21. The van der Waals surface area contributed by atoms with Gasteiger partial charge in [-0.3, -0.25) is 0 Å². The Morgan fingerprint density at radius 1 is 1.13 bits per heavy atom. The molecule has 0 aliphatic carbocycles. The number of aryl methyl sites for hydroxylation is 2. The summed E-state index contributed by atoms with van der Waals surface area (Å²) in [5, 5.41) is 7.75. The van der Waals surface area contributed by atoms with Crippen LogP contribution in [0, 0.1) is 19.3 Å². The SMILES string of the molecule is CC(=N)c1c(C)cc(C)c2c1OCCO2. The predicted octanol–water partition coefficient (Wildman–Crippen LogP) is 2.46. The van der Waals surface area contributed by atoms with E-state index in [2.05, 4.69) is 0 Å². The van der Waals surface area contributed by atoms with Crippen molar-refractivity contribution in [3.05, 3.63) is 22.8 Å². The lowest BCUT2D eigenvalue weighted by Crippen LogP contribution is -2.19. The van der Waals surface area contributed by atoms with E-state index in [9.17, 15) is 0 Å². The van der Waals surface area contributed by atoms with E-state index in [-0.39, 0.29) is 0 Å². The normalized spacial score (nSPS) is 13.8. The van der Waals surface area contributed by atoms with Crippen molar-refractivity contribution in [2.24, 2.45) is 0 Å². The molecule has 0 spiro atoms. The number of rotatable bonds is 1. The fourth-order valence-electron chi connectivity index (χ4n) is 2.00. The molecule has 1 aliphatic rings. The second-order valence-electron chi connectivity index (χ2n) is 3.87. The van der Waals surface area contributed by atoms with Crippen molar-refractivity contribution in [3.8, 4) is 11.5 Å². The van der Waals surface area contributed by atoms with Gasteiger partial charge in [0.25, 0.3) is 0 Å². The first-order valence-corrected chi connectivity index (χ1v) is 5.06. The van der Waals surface area contributed by atoms with Gasteiger partial charge >= 0.3 is 0 Å². The Kier molecular flexibility index (Phi) is 2.39. The lowest BCUT2D eigenvalue weighted by Gasteiger charge is -2.23. The molecule has 15 heavy (non-hydrogen) atoms. The molecule has 0 bridgehead atoms. The third-order valence-electron chi connectivity index (χ3n) is 2.57. The molecular formula is C12H15NO2. The van der Waals surface area contributed by atoms with Gasteiger partial charge in [-0.25, -0.2) is 0 Å². The third-order valence-corrected chi connectivity index (χ3v) is 2.57. The molecule has 1 N–H and O–H groups in total. The average Bonchev–Trinajstić information content (AvgIpc) is 2.17. The molecule has 0 atom stereocenters. The van der Waals surface area contributed by atoms with Crippen molar-refractivity contribution in [1.82, 2.24) is 0 Å². The molecule has 80 valence electrons. The van der Waals surface area contributed by atoms with Gasteiger partial charge in [-0.05, 0) is 31.9 Å². The molecule has 0 unspecified atom stereocenters. The van der Waals surface area contributed by atoms with Crippen LogP contribution in [0.4, 0.5) is 0 Å². The van der Waals surface area contributed by atoms with Crippen molar-refractivity contribution < 1.29 is 9.47 Å². The summed E-state index contributed by atoms with van der Waals surface area (Å²) in [5.41, 5.74) is 3.54. The highest BCUT2D eigenvalue weighted by molar-refractivity contribution is 6.01. The Hall–Kier alpha value is -1.51. The van der Waals surface area contributed by atoms with Crippen LogP contribution in [0.15, 0.2) is 6.07 Å². The summed E-state index contributed by atoms with van der Waals surface area (Å²) in [6.07, 6.45) is 0. The molecular weight excluding hydrogens is 190 g/mol. The van der Waals surface area contributed by atoms with Crippen molar-refractivity contribution in [2.45, 2.75) is 20.8 Å². The van der Waals surface area contributed by atoms with Crippen molar-refractivity contribution in [3.63, 3.8) is 0 Å². The molecule has 0 aromatic heterocycles. The van der Waals surface area contributed by atoms with Crippen LogP contribution in [0.1, 0.15) is 23.6 Å². The zero-order valence-corrected chi connectivity index (χ0v) is 9.31. The minimum Gasteiger partial charge on any atom is -0.486 e. The number of hydrogen-bond acceptors (Lipinski definition) is 3. The third kappa shape index (κ3) is 1.58. The highest BCUT2D eigenvalue weighted by atomic mass is 16.6. The van der Waals surface area contributed by atoms with Crippen LogP contribution in [0.3, 0.4) is 0 Å². The Morgan fingerprint density at radius 3 is 2.33 bits per heavy atom. The maximum Gasteiger partial charge on any atom is 0.170 e. The first-order chi connectivity index (χ1) is 7.11. The van der Waals surface area contributed by atoms with Gasteiger partial charge in [0.15, 0.2) is 11.5 Å². The number of benzene rings is 1. The molecule has 1 aromatic rings. The zero-order valence-electron chi connectivity index (χ0n) is 9.31. The molecule has 3 nitrogen and oxygen atoms in total. The van der Waals surface area contributed by atoms with E-state index in [1.165, 1.54) is 0 Å². The number of nitrogens with one attached hydrogen (secondary N) is 1. The summed E-state index contributed by atoms with van der Waals surface area (Å²) in [6.45, 7) is 6.93. The lowest BCUT2D eigenvalue weighted by atomic mass is 9.99. The first-order valence-electron chi connectivity index (χ1n) is 5.06. The standard InChI is InChI=1S/C12H15NO2/c1-7-6-8(2)11-12(10(7)9(3)13)15-5-4-14-11/h6,13H,4-5H2,1-3H3. The van der Waals surface area contributed by atoms with Crippen LogP contribution in [0.5, 0.6) is 11.5 Å². The van der Waals surface area contributed by atoms with Crippen LogP contribution in [0.2, 0.25) is 0 Å². The maximum atomic E-state index is 7.75. The van der Waals surface area contributed by atoms with Gasteiger partial charge in [0.2, 0.25) is 0 Å². The van der Waals surface area contributed by atoms with Gasteiger partial charge in [-0.2, -0.15) is 0 Å². The van der Waals surface area contributed by atoms with Gasteiger partial charge < -0.3 is 14.9 Å². The largest absolute Gasteiger partial charge is 0.486 e. The van der Waals surface area contributed by atoms with Crippen molar-refractivity contribution in [1.29, 1.82) is 5.41 Å². The molecule has 1 aliphatic heterocycles. The van der Waals surface area contributed by atoms with E-state index >= 15 is 0 Å². The van der Waals surface area contributed by atoms with Gasteiger partial charge in [0.1, 0.15) is 13.2 Å². The van der Waals surface area contributed by atoms with E-state index in [1.54, 1.807) is 6.92 Å². The monoisotopic (exact) mass is 205 g/mol. The second kappa shape index (κ2) is 3.57. The van der Waals surface area contributed by atoms with Crippen LogP contribution in [-0.4, -0.2) is 18.9 Å². The van der Waals surface area contributed by atoms with Gasteiger partial charge in [-0.1, -0.05) is 6.07 Å². The Balaban J connectivity index is 2.68. The van der Waals surface area contributed by atoms with Gasteiger partial charge in [0.05, 0.1) is 0 Å². The topological polar surface area (TPSA) is 42.3 Å². The van der Waals surface area contributed by atoms with E-state index in [4.69, 9.17) is 14.9 Å². The molecule has 0 fully saturated rings. The van der Waals surface area contributed by atoms with Crippen LogP contribution in [0.25, 0.3) is 0 Å². The van der Waals surface area contributed by atoms with Crippen molar-refractivity contribution >= 4 is 5.71 Å². The molecule has 0 amide bonds. The second-order valence-corrected chi connectivity index (χ2v) is 3.87. The van der Waals surface area contributed by atoms with E-state index in [0.29, 0.717) is 18.9 Å². The molecule has 0 saturated heterocycles.